The summed E-state index contributed by atoms with van der Waals surface area (Å²) in [5, 5.41) is 48.7. The Hall–Kier alpha value is -13.6. The number of guanidine groups is 1. The number of hydrogen-bond acceptors (Lipinski definition) is 21. The molecule has 14 atom stereocenters. The van der Waals surface area contributed by atoms with E-state index in [9.17, 15) is 48.3 Å². The fourth-order valence-corrected chi connectivity index (χ4v) is 17.6. The summed E-state index contributed by atoms with van der Waals surface area (Å²) in [4.78, 5) is 268. The molecule has 17 amide bonds. The zero-order valence-electron chi connectivity index (χ0n) is 77.4. The van der Waals surface area contributed by atoms with Gasteiger partial charge < -0.3 is 120 Å². The number of amides is 17. The summed E-state index contributed by atoms with van der Waals surface area (Å²) < 4.78 is 32.7. The van der Waals surface area contributed by atoms with Gasteiger partial charge in [0.2, 0.25) is 100 Å². The third-order valence-corrected chi connectivity index (χ3v) is 25.3. The molecular formula is C91H126F2N24O18S. The lowest BCUT2D eigenvalue weighted by atomic mass is 10.00. The van der Waals surface area contributed by atoms with Crippen molar-refractivity contribution in [2.75, 3.05) is 65.4 Å². The Kier molecular flexibility index (Phi) is 39.1. The minimum absolute atomic E-state index is 0.0177. The van der Waals surface area contributed by atoms with Gasteiger partial charge in [-0.1, -0.05) is 120 Å². The summed E-state index contributed by atoms with van der Waals surface area (Å²) in [7, 11) is 3.88. The summed E-state index contributed by atoms with van der Waals surface area (Å²) >= 11 is 0.778. The van der Waals surface area contributed by atoms with Crippen molar-refractivity contribution >= 4 is 140 Å². The SMILES string of the molecule is CCCC[C@H]1C(=O)N(C)[C@@H](CCCC)C(=O)N[C@@H](CCCNC(=N)N)C(=O)N[C@H](C(=O)NCC(N)=O)CSCC(=O)N[C@@H](Cc2ccccc2)C(=O)N(C)[C@@H](C)C(=O)N[C@@H](CC(N)=O)C(=O)N2CCC[C@H]2C(=O)N[C@@H](Cc2cnc[nH]2)C(=O)N[C@@H](CC(C)C)C(=O)N2CC(F)(F)C[C@H]2C(=O)N[C@@H](Cc2c[nH]c3ccccc23)C(=O)N[C@@H](CO)C(=O)N[C@@H](Cc2c[nH]c3ccccc23)C(=O)N1C. The standard InChI is InChI=1S/C91H126F2N24O18S/c1-9-11-29-69-82(128)105-60(28-20-32-99-90(96)97)78(124)112-68(77(123)102-44-74(95)120)46-136-47-75(121)104-64(35-52-22-14-13-15-23-52)85(131)113(6)51(5)76(122)108-66(39-73(94)119)87(133)116-33-21-31-70(116)83(129)107-62(38-55-43-98-49-103-55)80(126)109-63(34-50(3)4)88(134)117-48-91(92,93)40-72(117)84(130)106-61(36-53-41-100-58-26-18-16-24-56(53)58)79(125)111-67(45-118)81(127)110-65(37-54-42-101-59-27-19-17-25-57(54)59)86(132)115(8)71(30-12-10-2)89(135)114(69)7/h13-19,22-27,41-43,49-51,60-72,100-101,118H,9-12,20-21,28-40,44-48H2,1-8H3,(H2,94,119)(H2,95,120)(H,98,103)(H,102,123)(H,104,121)(H,105,128)(H,106,130)(H,107,129)(H,108,122)(H,109,126)(H,110,127)(H,111,125)(H,112,124)(H4,96,97,99)/t51-,60-,61-,62-,63-,64-,65-,66-,67-,68-,69-,70-,71-,72-/m0/s1. The average molecular weight is 1910 g/mol. The van der Waals surface area contributed by atoms with Gasteiger partial charge in [0.25, 0.3) is 5.92 Å². The first-order valence-electron chi connectivity index (χ1n) is 45.4. The molecule has 0 radical (unpaired) electrons. The van der Waals surface area contributed by atoms with Crippen molar-refractivity contribution in [1.82, 2.24) is 103 Å². The topological polar surface area (TPSA) is 621 Å². The van der Waals surface area contributed by atoms with E-state index >= 15 is 47.1 Å². The van der Waals surface area contributed by atoms with E-state index in [1.54, 1.807) is 98.9 Å². The molecule has 136 heavy (non-hydrogen) atoms. The van der Waals surface area contributed by atoms with Crippen LogP contribution in [0.4, 0.5) is 8.78 Å². The van der Waals surface area contributed by atoms with Crippen LogP contribution in [0.5, 0.6) is 0 Å². The number of halogens is 2. The summed E-state index contributed by atoms with van der Waals surface area (Å²) in [6.07, 6.45) is 3.41. The van der Waals surface area contributed by atoms with Crippen LogP contribution in [-0.4, -0.2) is 312 Å². The maximum Gasteiger partial charge on any atom is 0.267 e. The molecule has 3 aliphatic heterocycles. The van der Waals surface area contributed by atoms with Gasteiger partial charge in [-0.15, -0.1) is 11.8 Å². The number of aromatic amines is 3. The second-order valence-electron chi connectivity index (χ2n) is 34.9. The van der Waals surface area contributed by atoms with Gasteiger partial charge in [-0.25, -0.2) is 13.8 Å². The highest BCUT2D eigenvalue weighted by Gasteiger charge is 2.53. The Bertz CT molecular complexity index is 5260. The third kappa shape index (κ3) is 29.4. The number of aromatic nitrogens is 4. The molecule has 6 heterocycles. The zero-order chi connectivity index (χ0) is 99.4. The highest BCUT2D eigenvalue weighted by molar-refractivity contribution is 8.00. The molecule has 3 saturated heterocycles. The van der Waals surface area contributed by atoms with Crippen LogP contribution in [0.3, 0.4) is 0 Å². The molecule has 738 valence electrons. The number of rotatable bonds is 26. The predicted octanol–water partition coefficient (Wildman–Crippen LogP) is -1.36. The lowest BCUT2D eigenvalue weighted by molar-refractivity contribution is -0.149. The van der Waals surface area contributed by atoms with Crippen molar-refractivity contribution in [3.05, 3.63) is 126 Å². The monoisotopic (exact) mass is 1910 g/mol. The number of nitrogens with two attached hydrogens (primary N) is 3. The lowest BCUT2D eigenvalue weighted by Crippen LogP contribution is -2.62. The van der Waals surface area contributed by atoms with E-state index < -0.39 is 253 Å². The number of aliphatic hydroxyl groups excluding tert-OH is 1. The Morgan fingerprint density at radius 3 is 1.68 bits per heavy atom. The Morgan fingerprint density at radius 2 is 1.08 bits per heavy atom. The van der Waals surface area contributed by atoms with Gasteiger partial charge in [0.1, 0.15) is 84.6 Å². The number of aliphatic hydroxyl groups is 1. The van der Waals surface area contributed by atoms with Crippen LogP contribution in [0.2, 0.25) is 0 Å². The minimum Gasteiger partial charge on any atom is -0.394 e. The number of unbranched alkanes of at least 4 members (excludes halogenated alkanes) is 2. The molecule has 3 aliphatic rings. The molecule has 0 spiro atoms. The molecule has 9 rings (SSSR count). The van der Waals surface area contributed by atoms with E-state index in [4.69, 9.17) is 22.6 Å². The smallest absolute Gasteiger partial charge is 0.267 e. The van der Waals surface area contributed by atoms with Crippen molar-refractivity contribution in [2.24, 2.45) is 23.1 Å². The molecule has 42 nitrogen and oxygen atoms in total. The van der Waals surface area contributed by atoms with E-state index in [1.165, 1.54) is 46.8 Å². The van der Waals surface area contributed by atoms with E-state index in [2.05, 4.69) is 78.4 Å². The number of fused-ring (bicyclic) bond motifs is 4. The number of carbonyl (C=O) groups excluding carboxylic acids is 17. The summed E-state index contributed by atoms with van der Waals surface area (Å²) in [5.41, 5.74) is 19.6. The molecule has 0 aliphatic carbocycles. The summed E-state index contributed by atoms with van der Waals surface area (Å²) in [5.74, 6) is -22.8. The first-order valence-corrected chi connectivity index (χ1v) is 46.6. The Morgan fingerprint density at radius 1 is 0.551 bits per heavy atom. The van der Waals surface area contributed by atoms with Crippen LogP contribution < -0.4 is 75.7 Å². The molecule has 0 unspecified atom stereocenters. The van der Waals surface area contributed by atoms with E-state index in [1.807, 2.05) is 13.8 Å². The van der Waals surface area contributed by atoms with Gasteiger partial charge in [0.15, 0.2) is 5.96 Å². The average Bonchev–Trinajstić information content (AvgIpc) is 1.62. The third-order valence-electron chi connectivity index (χ3n) is 24.2. The first-order chi connectivity index (χ1) is 64.7. The van der Waals surface area contributed by atoms with Gasteiger partial charge >= 0.3 is 0 Å². The van der Waals surface area contributed by atoms with Gasteiger partial charge in [0, 0.05) is 118 Å². The minimum atomic E-state index is -3.79. The number of alkyl halides is 2. The van der Waals surface area contributed by atoms with Gasteiger partial charge in [0.05, 0.1) is 38.2 Å². The Labute approximate surface area is 788 Å². The van der Waals surface area contributed by atoms with Crippen LogP contribution in [0.1, 0.15) is 140 Å². The fraction of sp³-hybridized carbons (Fsp3) is 0.527. The van der Waals surface area contributed by atoms with Gasteiger partial charge in [-0.2, -0.15) is 0 Å². The molecular weight excluding hydrogens is 1790 g/mol. The van der Waals surface area contributed by atoms with Crippen LogP contribution in [0.25, 0.3) is 21.8 Å². The van der Waals surface area contributed by atoms with Crippen molar-refractivity contribution in [3.8, 4) is 0 Å². The van der Waals surface area contributed by atoms with Crippen LogP contribution in [-0.2, 0) is 107 Å². The van der Waals surface area contributed by atoms with E-state index in [-0.39, 0.29) is 83.0 Å². The van der Waals surface area contributed by atoms with Crippen molar-refractivity contribution in [2.45, 2.75) is 234 Å². The maximum absolute atomic E-state index is 16.4. The molecule has 3 aromatic heterocycles. The Balaban J connectivity index is 1.11. The van der Waals surface area contributed by atoms with Gasteiger partial charge in [-0.05, 0) is 86.6 Å². The quantitative estimate of drug-likeness (QED) is 0.0169. The number of primary amides is 2. The van der Waals surface area contributed by atoms with Crippen molar-refractivity contribution in [1.29, 1.82) is 5.41 Å². The highest BCUT2D eigenvalue weighted by Crippen LogP contribution is 2.34. The van der Waals surface area contributed by atoms with E-state index in [0.29, 0.717) is 69.1 Å². The predicted molar refractivity (Wildman–Crippen MR) is 497 cm³/mol. The number of H-pyrrole nitrogens is 3. The maximum atomic E-state index is 16.4. The largest absolute Gasteiger partial charge is 0.394 e. The van der Waals surface area contributed by atoms with Crippen LogP contribution in [0.15, 0.2) is 104 Å². The molecule has 22 N–H and O–H groups in total. The molecule has 0 saturated carbocycles. The van der Waals surface area contributed by atoms with Gasteiger partial charge in [-0.3, -0.25) is 86.9 Å². The normalized spacial score (nSPS) is 24.5. The van der Waals surface area contributed by atoms with Crippen LogP contribution in [0, 0.1) is 11.3 Å². The number of imidazole rings is 1. The van der Waals surface area contributed by atoms with Crippen molar-refractivity contribution in [3.63, 3.8) is 0 Å². The zero-order valence-corrected chi connectivity index (χ0v) is 78.2. The number of nitrogens with one attached hydrogen (secondary N) is 15. The molecule has 3 aromatic carbocycles. The molecule has 0 bridgehead atoms. The lowest BCUT2D eigenvalue weighted by Gasteiger charge is -2.36. The molecule has 45 heteroatoms. The second kappa shape index (κ2) is 50.1. The number of para-hydroxylation sites is 2. The summed E-state index contributed by atoms with van der Waals surface area (Å²) in [6.45, 7) is 4.80. The summed E-state index contributed by atoms with van der Waals surface area (Å²) in [6, 6.07) is -0.921. The molecule has 3 fully saturated rings. The molecule has 6 aromatic rings. The number of hydrogen-bond donors (Lipinski definition) is 19. The first kappa shape index (κ1) is 106. The number of carbonyl (C=O) groups is 17. The number of likely N-dealkylation sites (N-methyl/N-ethyl adjacent to an activating group) is 3. The number of benzene rings is 3. The number of thioether (sulfide) groups is 1. The number of nitrogens with zero attached hydrogens (tertiary/aromatic N) is 6. The highest BCUT2D eigenvalue weighted by atomic mass is 32.2. The van der Waals surface area contributed by atoms with Crippen molar-refractivity contribution < 1.29 is 95.4 Å². The van der Waals surface area contributed by atoms with E-state index in [0.717, 1.165) is 31.4 Å². The second-order valence-corrected chi connectivity index (χ2v) is 36.0. The van der Waals surface area contributed by atoms with Crippen LogP contribution >= 0.6 is 11.8 Å². The fourth-order valence-electron chi connectivity index (χ4n) is 16.7.